The van der Waals surface area contributed by atoms with E-state index >= 15 is 0 Å². The number of fused-ring (bicyclic) bond motifs is 1. The van der Waals surface area contributed by atoms with E-state index in [9.17, 15) is 4.79 Å². The molecule has 1 heterocycles. The van der Waals surface area contributed by atoms with Crippen molar-refractivity contribution >= 4 is 34.0 Å². The fourth-order valence-electron chi connectivity index (χ4n) is 3.09. The van der Waals surface area contributed by atoms with Crippen molar-refractivity contribution in [3.8, 4) is 11.4 Å². The first kappa shape index (κ1) is 19.0. The van der Waals surface area contributed by atoms with Crippen molar-refractivity contribution in [1.29, 1.82) is 0 Å². The quantitative estimate of drug-likeness (QED) is 0.444. The second-order valence-electron chi connectivity index (χ2n) is 6.48. The van der Waals surface area contributed by atoms with Gasteiger partial charge in [-0.05, 0) is 36.1 Å². The Kier molecular flexibility index (Phi) is 5.72. The first-order chi connectivity index (χ1) is 14.2. The number of nitrogens with zero attached hydrogens (tertiary/aromatic N) is 3. The zero-order valence-corrected chi connectivity index (χ0v) is 16.3. The predicted molar refractivity (Wildman–Crippen MR) is 114 cm³/mol. The lowest BCUT2D eigenvalue weighted by Crippen LogP contribution is -2.14. The van der Waals surface area contributed by atoms with E-state index in [2.05, 4.69) is 15.4 Å². The molecule has 0 aliphatic heterocycles. The molecule has 7 heteroatoms. The maximum absolute atomic E-state index is 12.4. The fraction of sp³-hybridized carbons (Fsp3) is 0.136. The van der Waals surface area contributed by atoms with E-state index in [4.69, 9.17) is 16.3 Å². The summed E-state index contributed by atoms with van der Waals surface area (Å²) >= 11 is 6.09. The van der Waals surface area contributed by atoms with Gasteiger partial charge in [0.15, 0.2) is 0 Å². The molecule has 0 radical (unpaired) electrons. The van der Waals surface area contributed by atoms with Gasteiger partial charge in [-0.2, -0.15) is 5.10 Å². The molecule has 0 spiro atoms. The number of hydrogen-bond acceptors (Lipinski definition) is 4. The van der Waals surface area contributed by atoms with Crippen molar-refractivity contribution < 1.29 is 9.53 Å². The highest BCUT2D eigenvalue weighted by molar-refractivity contribution is 6.31. The van der Waals surface area contributed by atoms with Gasteiger partial charge in [0.1, 0.15) is 18.4 Å². The Morgan fingerprint density at radius 1 is 1.10 bits per heavy atom. The van der Waals surface area contributed by atoms with E-state index in [1.165, 1.54) is 6.33 Å². The third-order valence-electron chi connectivity index (χ3n) is 4.45. The Morgan fingerprint density at radius 2 is 1.97 bits per heavy atom. The first-order valence-corrected chi connectivity index (χ1v) is 9.63. The third kappa shape index (κ3) is 4.55. The zero-order chi connectivity index (χ0) is 20.1. The molecule has 0 bridgehead atoms. The van der Waals surface area contributed by atoms with Crippen molar-refractivity contribution in [3.05, 3.63) is 78.3 Å². The van der Waals surface area contributed by atoms with Crippen molar-refractivity contribution in [3.63, 3.8) is 0 Å². The van der Waals surface area contributed by atoms with Gasteiger partial charge in [0, 0.05) is 16.8 Å². The summed E-state index contributed by atoms with van der Waals surface area (Å²) in [6, 6.07) is 19.3. The van der Waals surface area contributed by atoms with Gasteiger partial charge in [0.05, 0.1) is 18.0 Å². The van der Waals surface area contributed by atoms with E-state index in [1.807, 2.05) is 42.5 Å². The minimum absolute atomic E-state index is 0.116. The van der Waals surface area contributed by atoms with Crippen molar-refractivity contribution in [2.24, 2.45) is 0 Å². The van der Waals surface area contributed by atoms with E-state index in [-0.39, 0.29) is 5.91 Å². The number of benzene rings is 3. The number of hydrogen-bond donors (Lipinski definition) is 1. The van der Waals surface area contributed by atoms with Gasteiger partial charge >= 0.3 is 0 Å². The highest BCUT2D eigenvalue weighted by Gasteiger charge is 2.10. The standard InChI is InChI=1S/C22H19ClN4O2/c23-17-10-11-20(27-15-24-14-25-27)19(13-17)26-22(28)9-4-12-29-21-8-3-6-16-5-1-2-7-18(16)21/h1-3,5-8,10-11,13-15H,4,9,12H2,(H,26,28). The summed E-state index contributed by atoms with van der Waals surface area (Å²) in [5, 5.41) is 9.74. The third-order valence-corrected chi connectivity index (χ3v) is 4.69. The number of carbonyl (C=O) groups excluding carboxylic acids is 1. The van der Waals surface area contributed by atoms with Gasteiger partial charge in [0.2, 0.25) is 5.91 Å². The van der Waals surface area contributed by atoms with Crippen molar-refractivity contribution in [2.75, 3.05) is 11.9 Å². The van der Waals surface area contributed by atoms with Crippen LogP contribution in [0.2, 0.25) is 5.02 Å². The molecule has 1 aromatic heterocycles. The molecule has 1 amide bonds. The number of aromatic nitrogens is 3. The van der Waals surface area contributed by atoms with Crippen LogP contribution >= 0.6 is 11.6 Å². The Hall–Kier alpha value is -3.38. The van der Waals surface area contributed by atoms with Gasteiger partial charge in [-0.1, -0.05) is 48.0 Å². The Bertz CT molecular complexity index is 1120. The molecule has 4 aromatic rings. The molecule has 0 fully saturated rings. The molecule has 6 nitrogen and oxygen atoms in total. The topological polar surface area (TPSA) is 69.0 Å². The first-order valence-electron chi connectivity index (χ1n) is 9.26. The number of nitrogens with one attached hydrogen (secondary N) is 1. The van der Waals surface area contributed by atoms with Crippen LogP contribution in [-0.4, -0.2) is 27.3 Å². The van der Waals surface area contributed by atoms with Gasteiger partial charge in [-0.15, -0.1) is 0 Å². The summed E-state index contributed by atoms with van der Waals surface area (Å²) in [6.07, 6.45) is 3.92. The molecular weight excluding hydrogens is 388 g/mol. The number of carbonyl (C=O) groups is 1. The maximum atomic E-state index is 12.4. The average Bonchev–Trinajstić information content (AvgIpc) is 3.26. The van der Waals surface area contributed by atoms with Crippen LogP contribution in [0.25, 0.3) is 16.5 Å². The van der Waals surface area contributed by atoms with Gasteiger partial charge in [0.25, 0.3) is 0 Å². The molecule has 0 aliphatic rings. The highest BCUT2D eigenvalue weighted by atomic mass is 35.5. The van der Waals surface area contributed by atoms with Crippen LogP contribution in [0.3, 0.4) is 0 Å². The van der Waals surface area contributed by atoms with Crippen LogP contribution in [-0.2, 0) is 4.79 Å². The van der Waals surface area contributed by atoms with E-state index in [0.29, 0.717) is 35.8 Å². The molecule has 0 aliphatic carbocycles. The lowest BCUT2D eigenvalue weighted by atomic mass is 10.1. The average molecular weight is 407 g/mol. The van der Waals surface area contributed by atoms with Crippen molar-refractivity contribution in [2.45, 2.75) is 12.8 Å². The molecule has 0 saturated heterocycles. The highest BCUT2D eigenvalue weighted by Crippen LogP contribution is 2.26. The minimum Gasteiger partial charge on any atom is -0.493 e. The molecule has 1 N–H and O–H groups in total. The number of ether oxygens (including phenoxy) is 1. The maximum Gasteiger partial charge on any atom is 0.224 e. The van der Waals surface area contributed by atoms with Crippen LogP contribution in [0.1, 0.15) is 12.8 Å². The van der Waals surface area contributed by atoms with E-state index in [0.717, 1.165) is 16.5 Å². The summed E-state index contributed by atoms with van der Waals surface area (Å²) in [5.41, 5.74) is 1.29. The normalized spacial score (nSPS) is 10.8. The fourth-order valence-corrected chi connectivity index (χ4v) is 3.26. The molecule has 0 unspecified atom stereocenters. The molecule has 4 rings (SSSR count). The summed E-state index contributed by atoms with van der Waals surface area (Å²) < 4.78 is 7.48. The van der Waals surface area contributed by atoms with Crippen LogP contribution in [0.15, 0.2) is 73.3 Å². The van der Waals surface area contributed by atoms with Gasteiger partial charge in [-0.3, -0.25) is 4.79 Å². The second-order valence-corrected chi connectivity index (χ2v) is 6.92. The lowest BCUT2D eigenvalue weighted by Gasteiger charge is -2.12. The van der Waals surface area contributed by atoms with Crippen LogP contribution in [0.5, 0.6) is 5.75 Å². The Balaban J connectivity index is 1.35. The smallest absolute Gasteiger partial charge is 0.224 e. The lowest BCUT2D eigenvalue weighted by molar-refractivity contribution is -0.116. The number of halogens is 1. The molecule has 0 saturated carbocycles. The molecule has 29 heavy (non-hydrogen) atoms. The molecule has 3 aromatic carbocycles. The zero-order valence-electron chi connectivity index (χ0n) is 15.6. The Morgan fingerprint density at radius 3 is 2.83 bits per heavy atom. The van der Waals surface area contributed by atoms with E-state index in [1.54, 1.807) is 29.2 Å². The Labute approximate surface area is 173 Å². The van der Waals surface area contributed by atoms with Crippen LogP contribution in [0.4, 0.5) is 5.69 Å². The second kappa shape index (κ2) is 8.75. The van der Waals surface area contributed by atoms with Gasteiger partial charge in [-0.25, -0.2) is 9.67 Å². The summed E-state index contributed by atoms with van der Waals surface area (Å²) in [7, 11) is 0. The molecule has 146 valence electrons. The SMILES string of the molecule is O=C(CCCOc1cccc2ccccc12)Nc1cc(Cl)ccc1-n1cncn1. The largest absolute Gasteiger partial charge is 0.493 e. The van der Waals surface area contributed by atoms with Crippen molar-refractivity contribution in [1.82, 2.24) is 14.8 Å². The van der Waals surface area contributed by atoms with E-state index < -0.39 is 0 Å². The predicted octanol–water partition coefficient (Wildman–Crippen LogP) is 4.87. The number of anilines is 1. The van der Waals surface area contributed by atoms with Gasteiger partial charge < -0.3 is 10.1 Å². The monoisotopic (exact) mass is 406 g/mol. The molecule has 0 atom stereocenters. The summed E-state index contributed by atoms with van der Waals surface area (Å²) in [4.78, 5) is 16.4. The summed E-state index contributed by atoms with van der Waals surface area (Å²) in [5.74, 6) is 0.710. The summed E-state index contributed by atoms with van der Waals surface area (Å²) in [6.45, 7) is 0.451. The molecular formula is C22H19ClN4O2. The van der Waals surface area contributed by atoms with Crippen LogP contribution in [0, 0.1) is 0 Å². The number of amides is 1. The van der Waals surface area contributed by atoms with Crippen LogP contribution < -0.4 is 10.1 Å². The minimum atomic E-state index is -0.116. The number of rotatable bonds is 7.